The van der Waals surface area contributed by atoms with Crippen LogP contribution in [0.15, 0.2) is 64.8 Å². The third-order valence-electron chi connectivity index (χ3n) is 5.13. The summed E-state index contributed by atoms with van der Waals surface area (Å²) in [4.78, 5) is 19.6. The van der Waals surface area contributed by atoms with Crippen LogP contribution in [0.2, 0.25) is 0 Å². The molecule has 184 valence electrons. The fourth-order valence-corrected chi connectivity index (χ4v) is 3.54. The molecule has 2 aromatic heterocycles. The predicted molar refractivity (Wildman–Crippen MR) is 114 cm³/mol. The Hall–Kier alpha value is -3.90. The van der Waals surface area contributed by atoms with E-state index in [4.69, 9.17) is 0 Å². The second-order valence-electron chi connectivity index (χ2n) is 7.51. The molecule has 1 unspecified atom stereocenters. The standard InChI is InChI=1S/C22H16F7N5O/c23-16(24)8-14-19(20(25)26)13(9-30-14)21(35)32-12-6-4-11(5-7-12)31-17-2-1-3-18-33-15(10-34(17)18)22(27,28)29/h1-7,9-10,14,16,20,31H,8H2,(H,32,35). The number of aliphatic imine (C=N–C) groups is 1. The van der Waals surface area contributed by atoms with Gasteiger partial charge in [0.1, 0.15) is 11.5 Å². The monoisotopic (exact) mass is 499 g/mol. The highest BCUT2D eigenvalue weighted by atomic mass is 19.4. The number of alkyl halides is 7. The van der Waals surface area contributed by atoms with E-state index in [2.05, 4.69) is 20.6 Å². The van der Waals surface area contributed by atoms with Crippen molar-refractivity contribution in [2.45, 2.75) is 31.5 Å². The Balaban J connectivity index is 1.49. The Morgan fingerprint density at radius 3 is 2.34 bits per heavy atom. The van der Waals surface area contributed by atoms with Crippen molar-refractivity contribution in [3.05, 3.63) is 65.5 Å². The normalized spacial score (nSPS) is 16.1. The lowest BCUT2D eigenvalue weighted by atomic mass is 10.0. The van der Waals surface area contributed by atoms with Crippen molar-refractivity contribution in [2.75, 3.05) is 10.6 Å². The van der Waals surface area contributed by atoms with Gasteiger partial charge in [-0.05, 0) is 36.4 Å². The smallest absolute Gasteiger partial charge is 0.341 e. The zero-order valence-electron chi connectivity index (χ0n) is 17.5. The van der Waals surface area contributed by atoms with E-state index in [-0.39, 0.29) is 11.3 Å². The third kappa shape index (κ3) is 5.28. The molecule has 35 heavy (non-hydrogen) atoms. The van der Waals surface area contributed by atoms with Gasteiger partial charge in [-0.1, -0.05) is 6.07 Å². The molecule has 1 amide bonds. The molecule has 1 aliphatic heterocycles. The lowest BCUT2D eigenvalue weighted by Gasteiger charge is -2.13. The van der Waals surface area contributed by atoms with Crippen molar-refractivity contribution in [1.29, 1.82) is 0 Å². The van der Waals surface area contributed by atoms with Crippen LogP contribution in [0, 0.1) is 0 Å². The SMILES string of the molecule is O=C(Nc1ccc(Nc2cccc3nc(C(F)(F)F)cn23)cc1)C1=C(C(F)F)C(CC(F)F)N=C1. The molecule has 0 aliphatic carbocycles. The van der Waals surface area contributed by atoms with Gasteiger partial charge in [-0.2, -0.15) is 13.2 Å². The van der Waals surface area contributed by atoms with Crippen LogP contribution in [-0.4, -0.2) is 40.4 Å². The van der Waals surface area contributed by atoms with Gasteiger partial charge in [0, 0.05) is 35.8 Å². The van der Waals surface area contributed by atoms with E-state index in [0.717, 1.165) is 12.4 Å². The van der Waals surface area contributed by atoms with Crippen molar-refractivity contribution in [3.8, 4) is 0 Å². The van der Waals surface area contributed by atoms with Crippen LogP contribution >= 0.6 is 0 Å². The zero-order chi connectivity index (χ0) is 25.3. The summed E-state index contributed by atoms with van der Waals surface area (Å²) in [7, 11) is 0. The zero-order valence-corrected chi connectivity index (χ0v) is 17.5. The molecule has 3 heterocycles. The van der Waals surface area contributed by atoms with Gasteiger partial charge in [-0.3, -0.25) is 14.2 Å². The number of hydrogen-bond acceptors (Lipinski definition) is 4. The molecule has 0 saturated carbocycles. The number of carbonyl (C=O) groups is 1. The molecule has 6 nitrogen and oxygen atoms in total. The van der Waals surface area contributed by atoms with Gasteiger partial charge in [0.2, 0.25) is 6.43 Å². The molecule has 0 saturated heterocycles. The lowest BCUT2D eigenvalue weighted by molar-refractivity contribution is -0.140. The molecule has 2 N–H and O–H groups in total. The van der Waals surface area contributed by atoms with Crippen molar-refractivity contribution in [3.63, 3.8) is 0 Å². The van der Waals surface area contributed by atoms with Gasteiger partial charge in [0.15, 0.2) is 5.69 Å². The summed E-state index contributed by atoms with van der Waals surface area (Å²) in [5, 5.41) is 5.34. The first-order valence-electron chi connectivity index (χ1n) is 10.1. The number of benzene rings is 1. The second-order valence-corrected chi connectivity index (χ2v) is 7.51. The first-order chi connectivity index (χ1) is 16.5. The summed E-state index contributed by atoms with van der Waals surface area (Å²) in [5.74, 6) is -0.634. The molecular formula is C22H16F7N5O. The van der Waals surface area contributed by atoms with Crippen LogP contribution in [0.3, 0.4) is 0 Å². The predicted octanol–water partition coefficient (Wildman–Crippen LogP) is 5.71. The average Bonchev–Trinajstić information content (AvgIpc) is 3.40. The number of carbonyl (C=O) groups excluding carboxylic acids is 1. The molecule has 0 spiro atoms. The molecule has 0 fully saturated rings. The van der Waals surface area contributed by atoms with Crippen molar-refractivity contribution in [2.24, 2.45) is 4.99 Å². The van der Waals surface area contributed by atoms with Crippen molar-refractivity contribution < 1.29 is 35.5 Å². The van der Waals surface area contributed by atoms with E-state index in [1.54, 1.807) is 0 Å². The van der Waals surface area contributed by atoms with E-state index in [0.29, 0.717) is 11.5 Å². The largest absolute Gasteiger partial charge is 0.434 e. The summed E-state index contributed by atoms with van der Waals surface area (Å²) in [5.41, 5.74) is -1.53. The second kappa shape index (κ2) is 9.39. The first kappa shape index (κ1) is 24.2. The van der Waals surface area contributed by atoms with Gasteiger partial charge >= 0.3 is 6.18 Å². The molecule has 1 aliphatic rings. The van der Waals surface area contributed by atoms with Gasteiger partial charge in [-0.15, -0.1) is 0 Å². The maximum atomic E-state index is 13.4. The maximum absolute atomic E-state index is 13.4. The minimum Gasteiger partial charge on any atom is -0.341 e. The molecule has 0 bridgehead atoms. The van der Waals surface area contributed by atoms with Crippen molar-refractivity contribution >= 4 is 35.0 Å². The summed E-state index contributed by atoms with van der Waals surface area (Å²) < 4.78 is 92.2. The summed E-state index contributed by atoms with van der Waals surface area (Å²) in [6, 6.07) is 8.88. The first-order valence-corrected chi connectivity index (χ1v) is 10.1. The van der Waals surface area contributed by atoms with Crippen molar-refractivity contribution in [1.82, 2.24) is 9.38 Å². The minimum absolute atomic E-state index is 0.0812. The van der Waals surface area contributed by atoms with E-state index in [9.17, 15) is 35.5 Å². The van der Waals surface area contributed by atoms with Crippen LogP contribution in [0.25, 0.3) is 5.65 Å². The Morgan fingerprint density at radius 2 is 1.71 bits per heavy atom. The Labute approximate surface area is 193 Å². The van der Waals surface area contributed by atoms with E-state index < -0.39 is 54.2 Å². The third-order valence-corrected chi connectivity index (χ3v) is 5.13. The molecular weight excluding hydrogens is 483 g/mol. The molecule has 1 atom stereocenters. The number of nitrogens with zero attached hydrogens (tertiary/aromatic N) is 3. The van der Waals surface area contributed by atoms with Crippen LogP contribution in [0.5, 0.6) is 0 Å². The highest BCUT2D eigenvalue weighted by Gasteiger charge is 2.35. The van der Waals surface area contributed by atoms with E-state index in [1.165, 1.54) is 46.9 Å². The number of pyridine rings is 1. The number of fused-ring (bicyclic) bond motifs is 1. The Kier molecular flexibility index (Phi) is 6.50. The summed E-state index contributed by atoms with van der Waals surface area (Å²) in [6.45, 7) is 0. The minimum atomic E-state index is -4.60. The number of nitrogens with one attached hydrogen (secondary N) is 2. The number of imidazole rings is 1. The lowest BCUT2D eigenvalue weighted by Crippen LogP contribution is -2.21. The molecule has 4 rings (SSSR count). The van der Waals surface area contributed by atoms with Gasteiger partial charge in [-0.25, -0.2) is 22.5 Å². The van der Waals surface area contributed by atoms with E-state index >= 15 is 0 Å². The van der Waals surface area contributed by atoms with E-state index in [1.807, 2.05) is 0 Å². The molecule has 1 aromatic carbocycles. The molecule has 13 heteroatoms. The number of anilines is 3. The number of rotatable bonds is 7. The number of halogens is 7. The fraction of sp³-hybridized carbons (Fsp3) is 0.227. The van der Waals surface area contributed by atoms with Crippen LogP contribution in [-0.2, 0) is 11.0 Å². The summed E-state index contributed by atoms with van der Waals surface area (Å²) in [6.07, 6.45) is -9.79. The van der Waals surface area contributed by atoms with Gasteiger partial charge in [0.05, 0.1) is 11.6 Å². The molecule has 3 aromatic rings. The Morgan fingerprint density at radius 1 is 1.03 bits per heavy atom. The fourth-order valence-electron chi connectivity index (χ4n) is 3.54. The molecule has 0 radical (unpaired) electrons. The van der Waals surface area contributed by atoms with Crippen LogP contribution < -0.4 is 10.6 Å². The van der Waals surface area contributed by atoms with Crippen LogP contribution in [0.1, 0.15) is 12.1 Å². The van der Waals surface area contributed by atoms with Gasteiger partial charge in [0.25, 0.3) is 12.3 Å². The highest BCUT2D eigenvalue weighted by molar-refractivity contribution is 6.19. The quantitative estimate of drug-likeness (QED) is 0.410. The van der Waals surface area contributed by atoms with Crippen LogP contribution in [0.4, 0.5) is 47.9 Å². The number of hydrogen-bond donors (Lipinski definition) is 2. The summed E-state index contributed by atoms with van der Waals surface area (Å²) >= 11 is 0. The topological polar surface area (TPSA) is 70.8 Å². The van der Waals surface area contributed by atoms with Gasteiger partial charge < -0.3 is 10.6 Å². The maximum Gasteiger partial charge on any atom is 0.434 e. The Bertz CT molecular complexity index is 1300. The average molecular weight is 499 g/mol. The number of amides is 1. The number of aromatic nitrogens is 2. The highest BCUT2D eigenvalue weighted by Crippen LogP contribution is 2.31.